The van der Waals surface area contributed by atoms with Crippen LogP contribution < -0.4 is 5.73 Å². The van der Waals surface area contributed by atoms with Crippen LogP contribution in [0.15, 0.2) is 28.9 Å². The lowest BCUT2D eigenvalue weighted by atomic mass is 10.3. The highest BCUT2D eigenvalue weighted by molar-refractivity contribution is 5.91. The fraction of sp³-hybridized carbons (Fsp3) is 0.200. The molecule has 5 nitrogen and oxygen atoms in total. The van der Waals surface area contributed by atoms with Gasteiger partial charge in [0, 0.05) is 13.1 Å². The van der Waals surface area contributed by atoms with Crippen LogP contribution in [0.5, 0.6) is 0 Å². The number of Topliss-reactive ketones (excluding diaryl/α,β-unsaturated/α-hetero) is 1. The second-order valence-electron chi connectivity index (χ2n) is 3.29. The molecule has 2 aromatic heterocycles. The van der Waals surface area contributed by atoms with Gasteiger partial charge >= 0.3 is 0 Å². The van der Waals surface area contributed by atoms with Crippen molar-refractivity contribution in [2.75, 3.05) is 5.73 Å². The summed E-state index contributed by atoms with van der Waals surface area (Å²) in [5, 5.41) is 4.01. The average molecular weight is 205 g/mol. The van der Waals surface area contributed by atoms with Gasteiger partial charge in [0.2, 0.25) is 0 Å². The maximum absolute atomic E-state index is 11.0. The van der Waals surface area contributed by atoms with Crippen molar-refractivity contribution in [1.29, 1.82) is 0 Å². The van der Waals surface area contributed by atoms with E-state index in [1.165, 1.54) is 6.92 Å². The second-order valence-corrected chi connectivity index (χ2v) is 3.29. The van der Waals surface area contributed by atoms with E-state index in [9.17, 15) is 4.79 Å². The highest BCUT2D eigenvalue weighted by Crippen LogP contribution is 2.10. The maximum atomic E-state index is 11.0. The van der Waals surface area contributed by atoms with Crippen LogP contribution in [0.4, 0.5) is 5.69 Å². The highest BCUT2D eigenvalue weighted by atomic mass is 16.3. The summed E-state index contributed by atoms with van der Waals surface area (Å²) in [6.07, 6.45) is 3.27. The number of nitrogen functional groups attached to an aromatic ring is 1. The van der Waals surface area contributed by atoms with Crippen LogP contribution in [-0.4, -0.2) is 15.6 Å². The summed E-state index contributed by atoms with van der Waals surface area (Å²) in [6.45, 7) is 1.94. The summed E-state index contributed by atoms with van der Waals surface area (Å²) >= 11 is 0. The molecule has 0 radical (unpaired) electrons. The van der Waals surface area contributed by atoms with Crippen LogP contribution >= 0.6 is 0 Å². The van der Waals surface area contributed by atoms with E-state index in [2.05, 4.69) is 5.10 Å². The lowest BCUT2D eigenvalue weighted by molar-refractivity contribution is 0.0985. The minimum Gasteiger partial charge on any atom is -0.456 e. The van der Waals surface area contributed by atoms with Gasteiger partial charge in [0.15, 0.2) is 11.5 Å². The van der Waals surface area contributed by atoms with Gasteiger partial charge in [-0.1, -0.05) is 0 Å². The number of nitrogens with two attached hydrogens (primary N) is 1. The second kappa shape index (κ2) is 3.61. The van der Waals surface area contributed by atoms with Gasteiger partial charge < -0.3 is 10.2 Å². The number of furan rings is 1. The molecule has 0 aliphatic heterocycles. The predicted octanol–water partition coefficient (Wildman–Crippen LogP) is 1.31. The van der Waals surface area contributed by atoms with Gasteiger partial charge in [-0.25, -0.2) is 0 Å². The molecule has 2 N–H and O–H groups in total. The highest BCUT2D eigenvalue weighted by Gasteiger charge is 2.06. The number of aromatic nitrogens is 2. The number of hydrogen-bond acceptors (Lipinski definition) is 4. The van der Waals surface area contributed by atoms with Gasteiger partial charge in [-0.2, -0.15) is 5.10 Å². The molecular formula is C10H11N3O2. The Morgan fingerprint density at radius 1 is 1.60 bits per heavy atom. The van der Waals surface area contributed by atoms with E-state index < -0.39 is 0 Å². The number of carbonyl (C=O) groups excluding carboxylic acids is 1. The monoisotopic (exact) mass is 205 g/mol. The molecule has 0 saturated heterocycles. The van der Waals surface area contributed by atoms with E-state index >= 15 is 0 Å². The smallest absolute Gasteiger partial charge is 0.194 e. The van der Waals surface area contributed by atoms with Crippen LogP contribution in [0.25, 0.3) is 0 Å². The molecule has 0 aliphatic carbocycles. The molecule has 0 aliphatic rings. The van der Waals surface area contributed by atoms with E-state index in [0.717, 1.165) is 0 Å². The third kappa shape index (κ3) is 2.07. The fourth-order valence-electron chi connectivity index (χ4n) is 1.28. The van der Waals surface area contributed by atoms with Crippen LogP contribution in [0, 0.1) is 0 Å². The van der Waals surface area contributed by atoms with Crippen LogP contribution in [0.1, 0.15) is 23.2 Å². The molecular weight excluding hydrogens is 194 g/mol. The molecule has 0 bridgehead atoms. The Morgan fingerprint density at radius 2 is 2.40 bits per heavy atom. The van der Waals surface area contributed by atoms with Gasteiger partial charge in [-0.05, 0) is 12.1 Å². The van der Waals surface area contributed by atoms with Gasteiger partial charge in [-0.3, -0.25) is 9.48 Å². The first-order valence-corrected chi connectivity index (χ1v) is 4.53. The molecule has 0 fully saturated rings. The van der Waals surface area contributed by atoms with Crippen molar-refractivity contribution in [3.05, 3.63) is 36.0 Å². The zero-order valence-corrected chi connectivity index (χ0v) is 8.30. The molecule has 0 saturated carbocycles. The number of anilines is 1. The molecule has 2 aromatic rings. The Bertz CT molecular complexity index is 484. The summed E-state index contributed by atoms with van der Waals surface area (Å²) in [5.41, 5.74) is 6.12. The van der Waals surface area contributed by atoms with Crippen LogP contribution in [0.2, 0.25) is 0 Å². The third-order valence-corrected chi connectivity index (χ3v) is 1.98. The zero-order chi connectivity index (χ0) is 10.8. The summed E-state index contributed by atoms with van der Waals surface area (Å²) in [5.74, 6) is 0.967. The molecule has 78 valence electrons. The minimum atomic E-state index is -0.0822. The minimum absolute atomic E-state index is 0.0822. The SMILES string of the molecule is CC(=O)c1ccc(Cn2cc(N)cn2)o1. The van der Waals surface area contributed by atoms with Crippen molar-refractivity contribution in [1.82, 2.24) is 9.78 Å². The Kier molecular flexibility index (Phi) is 2.29. The van der Waals surface area contributed by atoms with Crippen LogP contribution in [0.3, 0.4) is 0 Å². The summed E-state index contributed by atoms with van der Waals surface area (Å²) in [4.78, 5) is 11.0. The largest absolute Gasteiger partial charge is 0.456 e. The van der Waals surface area contributed by atoms with Crippen molar-refractivity contribution >= 4 is 11.5 Å². The third-order valence-electron chi connectivity index (χ3n) is 1.98. The molecule has 0 amide bonds. The zero-order valence-electron chi connectivity index (χ0n) is 8.30. The standard InChI is InChI=1S/C10H11N3O2/c1-7(14)10-3-2-9(15-10)6-13-5-8(11)4-12-13/h2-5H,6,11H2,1H3. The summed E-state index contributed by atoms with van der Waals surface area (Å²) < 4.78 is 6.96. The van der Waals surface area contributed by atoms with Crippen molar-refractivity contribution in [2.45, 2.75) is 13.5 Å². The number of nitrogens with zero attached hydrogens (tertiary/aromatic N) is 2. The molecule has 15 heavy (non-hydrogen) atoms. The Morgan fingerprint density at radius 3 is 2.93 bits per heavy atom. The fourth-order valence-corrected chi connectivity index (χ4v) is 1.28. The molecule has 0 spiro atoms. The van der Waals surface area contributed by atoms with E-state index in [1.807, 2.05) is 0 Å². The van der Waals surface area contributed by atoms with Crippen molar-refractivity contribution in [3.63, 3.8) is 0 Å². The van der Waals surface area contributed by atoms with Gasteiger partial charge in [0.1, 0.15) is 5.76 Å². The summed E-state index contributed by atoms with van der Waals surface area (Å²) in [6, 6.07) is 3.42. The maximum Gasteiger partial charge on any atom is 0.194 e. The molecule has 0 atom stereocenters. The number of hydrogen-bond donors (Lipinski definition) is 1. The van der Waals surface area contributed by atoms with E-state index in [-0.39, 0.29) is 5.78 Å². The number of carbonyl (C=O) groups is 1. The molecule has 2 heterocycles. The van der Waals surface area contributed by atoms with E-state index in [0.29, 0.717) is 23.8 Å². The average Bonchev–Trinajstić information content (AvgIpc) is 2.76. The predicted molar refractivity (Wildman–Crippen MR) is 54.5 cm³/mol. The van der Waals surface area contributed by atoms with Crippen molar-refractivity contribution in [2.24, 2.45) is 0 Å². The quantitative estimate of drug-likeness (QED) is 0.766. The van der Waals surface area contributed by atoms with Gasteiger partial charge in [-0.15, -0.1) is 0 Å². The van der Waals surface area contributed by atoms with Crippen molar-refractivity contribution < 1.29 is 9.21 Å². The first-order chi connectivity index (χ1) is 7.15. The molecule has 0 aromatic carbocycles. The van der Waals surface area contributed by atoms with Gasteiger partial charge in [0.25, 0.3) is 0 Å². The number of rotatable bonds is 3. The lowest BCUT2D eigenvalue weighted by Crippen LogP contribution is -1.98. The molecule has 5 heteroatoms. The van der Waals surface area contributed by atoms with Crippen molar-refractivity contribution in [3.8, 4) is 0 Å². The van der Waals surface area contributed by atoms with Gasteiger partial charge in [0.05, 0.1) is 18.4 Å². The number of ketones is 1. The Hall–Kier alpha value is -2.04. The Balaban J connectivity index is 2.14. The first-order valence-electron chi connectivity index (χ1n) is 4.53. The summed E-state index contributed by atoms with van der Waals surface area (Å²) in [7, 11) is 0. The van der Waals surface area contributed by atoms with Crippen LogP contribution in [-0.2, 0) is 6.54 Å². The van der Waals surface area contributed by atoms with E-state index in [1.54, 1.807) is 29.2 Å². The Labute approximate surface area is 86.5 Å². The molecule has 2 rings (SSSR count). The first kappa shape index (κ1) is 9.51. The topological polar surface area (TPSA) is 74.0 Å². The van der Waals surface area contributed by atoms with E-state index in [4.69, 9.17) is 10.2 Å². The lowest BCUT2D eigenvalue weighted by Gasteiger charge is -1.96. The molecule has 0 unspecified atom stereocenters. The normalized spacial score (nSPS) is 10.5.